The van der Waals surface area contributed by atoms with Gasteiger partial charge in [0.05, 0.1) is 0 Å². The second-order valence-electron chi connectivity index (χ2n) is 5.97. The molecular formula is C16H28N2S. The Balaban J connectivity index is 1.61. The largest absolute Gasteiger partial charge is 0.316 e. The molecule has 2 atom stereocenters. The van der Waals surface area contributed by atoms with Crippen LogP contribution in [0, 0.1) is 5.92 Å². The summed E-state index contributed by atoms with van der Waals surface area (Å²) in [5.41, 5.74) is 0. The Morgan fingerprint density at radius 2 is 2.42 bits per heavy atom. The maximum absolute atomic E-state index is 3.51. The number of likely N-dealkylation sites (N-methyl/N-ethyl adjacent to an activating group) is 1. The number of thiophene rings is 1. The van der Waals surface area contributed by atoms with Crippen molar-refractivity contribution in [2.24, 2.45) is 5.92 Å². The zero-order valence-corrected chi connectivity index (χ0v) is 13.2. The highest BCUT2D eigenvalue weighted by atomic mass is 32.1. The summed E-state index contributed by atoms with van der Waals surface area (Å²) < 4.78 is 0. The van der Waals surface area contributed by atoms with E-state index >= 15 is 0 Å². The molecule has 1 N–H and O–H groups in total. The van der Waals surface area contributed by atoms with E-state index in [0.717, 1.165) is 5.92 Å². The van der Waals surface area contributed by atoms with Gasteiger partial charge in [-0.15, -0.1) is 11.3 Å². The predicted octanol–water partition coefficient (Wildman–Crippen LogP) is 3.39. The molecule has 1 aromatic heterocycles. The van der Waals surface area contributed by atoms with Crippen LogP contribution < -0.4 is 5.32 Å². The number of hydrogen-bond acceptors (Lipinski definition) is 3. The van der Waals surface area contributed by atoms with Gasteiger partial charge in [0.15, 0.2) is 0 Å². The summed E-state index contributed by atoms with van der Waals surface area (Å²) in [6.45, 7) is 6.06. The van der Waals surface area contributed by atoms with Gasteiger partial charge in [-0.05, 0) is 83.1 Å². The highest BCUT2D eigenvalue weighted by molar-refractivity contribution is 7.09. The molecule has 0 bridgehead atoms. The SMILES string of the molecule is CC(Cc1cccs1)N(C)CCCC1CCCNC1. The monoisotopic (exact) mass is 280 g/mol. The lowest BCUT2D eigenvalue weighted by atomic mass is 9.94. The second kappa shape index (κ2) is 8.03. The molecule has 0 aliphatic carbocycles. The second-order valence-corrected chi connectivity index (χ2v) is 7.00. The van der Waals surface area contributed by atoms with Crippen LogP contribution in [-0.4, -0.2) is 37.6 Å². The van der Waals surface area contributed by atoms with Crippen LogP contribution in [0.3, 0.4) is 0 Å². The minimum atomic E-state index is 0.656. The third kappa shape index (κ3) is 5.25. The fourth-order valence-corrected chi connectivity index (χ4v) is 3.72. The standard InChI is InChI=1S/C16H28N2S/c1-14(12-16-8-5-11-19-16)18(2)10-4-7-15-6-3-9-17-13-15/h5,8,11,14-15,17H,3-4,6-7,9-10,12-13H2,1-2H3. The Labute approximate surface area is 122 Å². The summed E-state index contributed by atoms with van der Waals surface area (Å²) in [6.07, 6.45) is 6.73. The number of nitrogens with one attached hydrogen (secondary N) is 1. The van der Waals surface area contributed by atoms with E-state index in [2.05, 4.69) is 41.7 Å². The van der Waals surface area contributed by atoms with Crippen LogP contribution in [0.1, 0.15) is 37.5 Å². The van der Waals surface area contributed by atoms with E-state index < -0.39 is 0 Å². The lowest BCUT2D eigenvalue weighted by Gasteiger charge is -2.26. The van der Waals surface area contributed by atoms with Crippen LogP contribution in [0.5, 0.6) is 0 Å². The van der Waals surface area contributed by atoms with Crippen LogP contribution in [-0.2, 0) is 6.42 Å². The molecule has 0 spiro atoms. The van der Waals surface area contributed by atoms with Crippen molar-refractivity contribution >= 4 is 11.3 Å². The lowest BCUT2D eigenvalue weighted by molar-refractivity contribution is 0.239. The summed E-state index contributed by atoms with van der Waals surface area (Å²) in [4.78, 5) is 4.03. The lowest BCUT2D eigenvalue weighted by Crippen LogP contribution is -2.33. The smallest absolute Gasteiger partial charge is 0.0112 e. The maximum Gasteiger partial charge on any atom is 0.0112 e. The topological polar surface area (TPSA) is 15.3 Å². The molecule has 108 valence electrons. The van der Waals surface area contributed by atoms with Gasteiger partial charge in [0.2, 0.25) is 0 Å². The molecule has 1 saturated heterocycles. The van der Waals surface area contributed by atoms with Crippen molar-refractivity contribution in [2.45, 2.75) is 45.1 Å². The summed E-state index contributed by atoms with van der Waals surface area (Å²) in [5, 5.41) is 5.69. The summed E-state index contributed by atoms with van der Waals surface area (Å²) in [7, 11) is 2.28. The first kappa shape index (κ1) is 15.0. The average Bonchev–Trinajstić information content (AvgIpc) is 2.92. The first-order valence-corrected chi connectivity index (χ1v) is 8.57. The first-order chi connectivity index (χ1) is 9.25. The van der Waals surface area contributed by atoms with Gasteiger partial charge in [0.25, 0.3) is 0 Å². The fourth-order valence-electron chi connectivity index (χ4n) is 2.90. The molecular weight excluding hydrogens is 252 g/mol. The van der Waals surface area contributed by atoms with Crippen molar-refractivity contribution in [3.8, 4) is 0 Å². The third-order valence-corrected chi connectivity index (χ3v) is 5.25. The Bertz CT molecular complexity index is 331. The van der Waals surface area contributed by atoms with Crippen molar-refractivity contribution in [1.29, 1.82) is 0 Å². The van der Waals surface area contributed by atoms with Crippen molar-refractivity contribution in [1.82, 2.24) is 10.2 Å². The molecule has 19 heavy (non-hydrogen) atoms. The van der Waals surface area contributed by atoms with E-state index in [1.54, 1.807) is 0 Å². The summed E-state index contributed by atoms with van der Waals surface area (Å²) in [5.74, 6) is 0.926. The fraction of sp³-hybridized carbons (Fsp3) is 0.750. The quantitative estimate of drug-likeness (QED) is 0.823. The van der Waals surface area contributed by atoms with Gasteiger partial charge in [0.1, 0.15) is 0 Å². The number of piperidine rings is 1. The number of rotatable bonds is 7. The molecule has 0 amide bonds. The highest BCUT2D eigenvalue weighted by Crippen LogP contribution is 2.17. The van der Waals surface area contributed by atoms with E-state index in [-0.39, 0.29) is 0 Å². The first-order valence-electron chi connectivity index (χ1n) is 7.69. The zero-order chi connectivity index (χ0) is 13.5. The molecule has 0 aromatic carbocycles. The molecule has 2 heterocycles. The van der Waals surface area contributed by atoms with Gasteiger partial charge >= 0.3 is 0 Å². The van der Waals surface area contributed by atoms with Crippen LogP contribution >= 0.6 is 11.3 Å². The Hall–Kier alpha value is -0.380. The average molecular weight is 280 g/mol. The van der Waals surface area contributed by atoms with Crippen molar-refractivity contribution < 1.29 is 0 Å². The van der Waals surface area contributed by atoms with E-state index in [9.17, 15) is 0 Å². The number of hydrogen-bond donors (Lipinski definition) is 1. The Kier molecular flexibility index (Phi) is 6.35. The van der Waals surface area contributed by atoms with Crippen LogP contribution in [0.4, 0.5) is 0 Å². The van der Waals surface area contributed by atoms with Gasteiger partial charge in [-0.2, -0.15) is 0 Å². The highest BCUT2D eigenvalue weighted by Gasteiger charge is 2.14. The van der Waals surface area contributed by atoms with Gasteiger partial charge in [-0.25, -0.2) is 0 Å². The van der Waals surface area contributed by atoms with E-state index in [1.807, 2.05) is 11.3 Å². The zero-order valence-electron chi connectivity index (χ0n) is 12.4. The van der Waals surface area contributed by atoms with E-state index in [4.69, 9.17) is 0 Å². The molecule has 0 saturated carbocycles. The van der Waals surface area contributed by atoms with E-state index in [0.29, 0.717) is 6.04 Å². The summed E-state index contributed by atoms with van der Waals surface area (Å²) in [6, 6.07) is 5.06. The van der Waals surface area contributed by atoms with Crippen LogP contribution in [0.15, 0.2) is 17.5 Å². The predicted molar refractivity (Wildman–Crippen MR) is 84.9 cm³/mol. The molecule has 1 aliphatic rings. The molecule has 1 fully saturated rings. The third-order valence-electron chi connectivity index (χ3n) is 4.35. The molecule has 2 nitrogen and oxygen atoms in total. The van der Waals surface area contributed by atoms with Crippen LogP contribution in [0.25, 0.3) is 0 Å². The molecule has 1 aromatic rings. The van der Waals surface area contributed by atoms with Crippen molar-refractivity contribution in [3.63, 3.8) is 0 Å². The molecule has 1 aliphatic heterocycles. The molecule has 2 rings (SSSR count). The van der Waals surface area contributed by atoms with Crippen molar-refractivity contribution in [3.05, 3.63) is 22.4 Å². The van der Waals surface area contributed by atoms with Crippen LogP contribution in [0.2, 0.25) is 0 Å². The normalized spacial score (nSPS) is 21.7. The van der Waals surface area contributed by atoms with Gasteiger partial charge < -0.3 is 10.2 Å². The van der Waals surface area contributed by atoms with Gasteiger partial charge in [-0.1, -0.05) is 6.07 Å². The van der Waals surface area contributed by atoms with Gasteiger partial charge in [0, 0.05) is 10.9 Å². The Morgan fingerprint density at radius 1 is 1.53 bits per heavy atom. The Morgan fingerprint density at radius 3 is 3.11 bits per heavy atom. The number of nitrogens with zero attached hydrogens (tertiary/aromatic N) is 1. The molecule has 0 radical (unpaired) electrons. The minimum Gasteiger partial charge on any atom is -0.316 e. The van der Waals surface area contributed by atoms with Crippen molar-refractivity contribution in [2.75, 3.05) is 26.7 Å². The summed E-state index contributed by atoms with van der Waals surface area (Å²) >= 11 is 1.88. The molecule has 2 unspecified atom stereocenters. The molecule has 3 heteroatoms. The van der Waals surface area contributed by atoms with Gasteiger partial charge in [-0.3, -0.25) is 0 Å². The maximum atomic E-state index is 3.51. The van der Waals surface area contributed by atoms with E-state index in [1.165, 1.54) is 56.6 Å². The minimum absolute atomic E-state index is 0.656.